The van der Waals surface area contributed by atoms with Gasteiger partial charge in [-0.25, -0.2) is 4.98 Å². The number of nitrogens with zero attached hydrogens (tertiary/aromatic N) is 2. The van der Waals surface area contributed by atoms with Crippen LogP contribution in [0.15, 0.2) is 5.38 Å². The fraction of sp³-hybridized carbons (Fsp3) is 0.786. The monoisotopic (exact) mass is 265 g/mol. The van der Waals surface area contributed by atoms with Gasteiger partial charge in [0.1, 0.15) is 5.01 Å². The molecule has 4 heteroatoms. The highest BCUT2D eigenvalue weighted by atomic mass is 32.1. The fourth-order valence-electron chi connectivity index (χ4n) is 2.72. The highest BCUT2D eigenvalue weighted by Gasteiger charge is 2.29. The Morgan fingerprint density at radius 1 is 1.50 bits per heavy atom. The van der Waals surface area contributed by atoms with E-state index in [4.69, 9.17) is 0 Å². The molecule has 0 amide bonds. The van der Waals surface area contributed by atoms with Crippen LogP contribution in [0.4, 0.5) is 0 Å². The van der Waals surface area contributed by atoms with E-state index >= 15 is 0 Å². The molecular formula is C14H23N3S. The molecule has 0 spiro atoms. The Morgan fingerprint density at radius 3 is 3.00 bits per heavy atom. The molecule has 1 N–H and O–H groups in total. The lowest BCUT2D eigenvalue weighted by atomic mass is 10.1. The third-order valence-corrected chi connectivity index (χ3v) is 5.26. The highest BCUT2D eigenvalue weighted by Crippen LogP contribution is 2.29. The summed E-state index contributed by atoms with van der Waals surface area (Å²) in [7, 11) is 0. The first-order valence-corrected chi connectivity index (χ1v) is 8.00. The van der Waals surface area contributed by atoms with Gasteiger partial charge in [0.15, 0.2) is 0 Å². The van der Waals surface area contributed by atoms with Crippen molar-refractivity contribution in [3.05, 3.63) is 16.1 Å². The first-order chi connectivity index (χ1) is 8.72. The van der Waals surface area contributed by atoms with Crippen molar-refractivity contribution in [2.24, 2.45) is 5.92 Å². The first-order valence-electron chi connectivity index (χ1n) is 7.12. The zero-order valence-electron chi connectivity index (χ0n) is 11.4. The molecule has 1 aromatic rings. The van der Waals surface area contributed by atoms with Crippen LogP contribution in [0.25, 0.3) is 0 Å². The number of aryl methyl sites for hydroxylation is 1. The molecule has 100 valence electrons. The zero-order chi connectivity index (χ0) is 12.5. The molecule has 3 rings (SSSR count). The Balaban J connectivity index is 1.51. The molecule has 0 aromatic carbocycles. The van der Waals surface area contributed by atoms with E-state index in [-0.39, 0.29) is 0 Å². The molecule has 2 aliphatic rings. The Kier molecular flexibility index (Phi) is 3.68. The minimum atomic E-state index is 0.495. The summed E-state index contributed by atoms with van der Waals surface area (Å²) in [6.45, 7) is 8.06. The quantitative estimate of drug-likeness (QED) is 0.887. The fourth-order valence-corrected chi connectivity index (χ4v) is 3.61. The molecule has 18 heavy (non-hydrogen) atoms. The first kappa shape index (κ1) is 12.6. The molecule has 1 saturated carbocycles. The van der Waals surface area contributed by atoms with Crippen molar-refractivity contribution in [3.8, 4) is 0 Å². The Labute approximate surface area is 114 Å². The van der Waals surface area contributed by atoms with Crippen molar-refractivity contribution < 1.29 is 0 Å². The Bertz CT molecular complexity index is 399. The second-order valence-corrected chi connectivity index (χ2v) is 6.72. The summed E-state index contributed by atoms with van der Waals surface area (Å²) >= 11 is 1.81. The van der Waals surface area contributed by atoms with Gasteiger partial charge in [-0.2, -0.15) is 0 Å². The van der Waals surface area contributed by atoms with Crippen LogP contribution in [-0.4, -0.2) is 35.6 Å². The molecule has 2 fully saturated rings. The number of rotatable bonds is 5. The van der Waals surface area contributed by atoms with E-state index in [0.717, 1.165) is 17.7 Å². The molecule has 2 atom stereocenters. The van der Waals surface area contributed by atoms with E-state index in [1.165, 1.54) is 43.9 Å². The van der Waals surface area contributed by atoms with E-state index in [0.29, 0.717) is 6.04 Å². The van der Waals surface area contributed by atoms with Gasteiger partial charge in [0.05, 0.1) is 6.04 Å². The van der Waals surface area contributed by atoms with Crippen LogP contribution >= 0.6 is 11.3 Å². The van der Waals surface area contributed by atoms with E-state index < -0.39 is 0 Å². The van der Waals surface area contributed by atoms with Crippen LogP contribution in [0, 0.1) is 12.8 Å². The number of aromatic nitrogens is 1. The van der Waals surface area contributed by atoms with E-state index in [9.17, 15) is 0 Å². The molecule has 0 bridgehead atoms. The summed E-state index contributed by atoms with van der Waals surface area (Å²) in [5, 5.41) is 7.10. The van der Waals surface area contributed by atoms with Gasteiger partial charge < -0.3 is 5.32 Å². The lowest BCUT2D eigenvalue weighted by Gasteiger charge is -2.22. The smallest absolute Gasteiger partial charge is 0.110 e. The molecular weight excluding hydrogens is 242 g/mol. The van der Waals surface area contributed by atoms with Crippen molar-refractivity contribution >= 4 is 11.3 Å². The highest BCUT2D eigenvalue weighted by molar-refractivity contribution is 7.09. The maximum atomic E-state index is 4.63. The van der Waals surface area contributed by atoms with Crippen LogP contribution in [0.3, 0.4) is 0 Å². The van der Waals surface area contributed by atoms with E-state index in [1.807, 2.05) is 0 Å². The third-order valence-electron chi connectivity index (χ3n) is 4.13. The SMILES string of the molecule is Cc1csc(C(C)N2CCC(CNC3CC3)C2)n1. The summed E-state index contributed by atoms with van der Waals surface area (Å²) in [5.41, 5.74) is 1.16. The average Bonchev–Trinajstić information content (AvgIpc) is 2.90. The number of likely N-dealkylation sites (tertiary alicyclic amines) is 1. The number of thiazole rings is 1. The average molecular weight is 265 g/mol. The summed E-state index contributed by atoms with van der Waals surface area (Å²) < 4.78 is 0. The second kappa shape index (κ2) is 5.27. The normalized spacial score (nSPS) is 26.7. The topological polar surface area (TPSA) is 28.2 Å². The van der Waals surface area contributed by atoms with Crippen LogP contribution in [0.2, 0.25) is 0 Å². The van der Waals surface area contributed by atoms with Gasteiger partial charge >= 0.3 is 0 Å². The standard InChI is InChI=1S/C14H23N3S/c1-10-9-18-14(16-10)11(2)17-6-5-12(8-17)7-15-13-3-4-13/h9,11-13,15H,3-8H2,1-2H3. The Morgan fingerprint density at radius 2 is 2.33 bits per heavy atom. The van der Waals surface area contributed by atoms with Gasteiger partial charge in [0.25, 0.3) is 0 Å². The van der Waals surface area contributed by atoms with Crippen LogP contribution in [-0.2, 0) is 0 Å². The van der Waals surface area contributed by atoms with Crippen LogP contribution in [0.1, 0.15) is 42.9 Å². The second-order valence-electron chi connectivity index (χ2n) is 5.84. The molecule has 1 saturated heterocycles. The molecule has 1 aliphatic carbocycles. The maximum absolute atomic E-state index is 4.63. The number of nitrogens with one attached hydrogen (secondary N) is 1. The Hall–Kier alpha value is -0.450. The lowest BCUT2D eigenvalue weighted by Crippen LogP contribution is -2.29. The van der Waals surface area contributed by atoms with Crippen molar-refractivity contribution in [2.45, 2.75) is 45.2 Å². The van der Waals surface area contributed by atoms with Crippen LogP contribution < -0.4 is 5.32 Å². The summed E-state index contributed by atoms with van der Waals surface area (Å²) in [6.07, 6.45) is 4.13. The van der Waals surface area contributed by atoms with Crippen molar-refractivity contribution in [1.29, 1.82) is 0 Å². The molecule has 1 aliphatic heterocycles. The molecule has 1 aromatic heterocycles. The van der Waals surface area contributed by atoms with Crippen LogP contribution in [0.5, 0.6) is 0 Å². The van der Waals surface area contributed by atoms with Gasteiger partial charge in [-0.3, -0.25) is 4.90 Å². The lowest BCUT2D eigenvalue weighted by molar-refractivity contribution is 0.251. The minimum absolute atomic E-state index is 0.495. The minimum Gasteiger partial charge on any atom is -0.314 e. The van der Waals surface area contributed by atoms with Crippen molar-refractivity contribution in [3.63, 3.8) is 0 Å². The molecule has 2 unspecified atom stereocenters. The third kappa shape index (κ3) is 2.92. The number of hydrogen-bond acceptors (Lipinski definition) is 4. The molecule has 2 heterocycles. The van der Waals surface area contributed by atoms with Gasteiger partial charge in [0.2, 0.25) is 0 Å². The van der Waals surface area contributed by atoms with E-state index in [1.54, 1.807) is 11.3 Å². The summed E-state index contributed by atoms with van der Waals surface area (Å²) in [5.74, 6) is 0.842. The molecule has 3 nitrogen and oxygen atoms in total. The predicted octanol–water partition coefficient (Wildman–Crippen LogP) is 2.59. The number of hydrogen-bond donors (Lipinski definition) is 1. The summed E-state index contributed by atoms with van der Waals surface area (Å²) in [6, 6.07) is 1.34. The van der Waals surface area contributed by atoms with Gasteiger partial charge in [0, 0.05) is 23.7 Å². The zero-order valence-corrected chi connectivity index (χ0v) is 12.2. The molecule has 0 radical (unpaired) electrons. The largest absolute Gasteiger partial charge is 0.314 e. The summed E-state index contributed by atoms with van der Waals surface area (Å²) in [4.78, 5) is 7.22. The van der Waals surface area contributed by atoms with Gasteiger partial charge in [-0.1, -0.05) is 0 Å². The maximum Gasteiger partial charge on any atom is 0.110 e. The van der Waals surface area contributed by atoms with Gasteiger partial charge in [-0.05, 0) is 52.1 Å². The van der Waals surface area contributed by atoms with Crippen molar-refractivity contribution in [2.75, 3.05) is 19.6 Å². The predicted molar refractivity (Wildman–Crippen MR) is 76.0 cm³/mol. The van der Waals surface area contributed by atoms with Crippen molar-refractivity contribution in [1.82, 2.24) is 15.2 Å². The van der Waals surface area contributed by atoms with E-state index in [2.05, 4.69) is 34.4 Å². The van der Waals surface area contributed by atoms with Gasteiger partial charge in [-0.15, -0.1) is 11.3 Å².